The van der Waals surface area contributed by atoms with Crippen LogP contribution in [0.5, 0.6) is 0 Å². The van der Waals surface area contributed by atoms with Crippen molar-refractivity contribution in [2.45, 2.75) is 6.54 Å². The molecule has 0 aromatic heterocycles. The number of benzene rings is 1. The Bertz CT molecular complexity index is 333. The smallest absolute Gasteiger partial charge is 0.128 e. The second-order valence-corrected chi connectivity index (χ2v) is 3.39. The Morgan fingerprint density at radius 2 is 2.27 bits per heavy atom. The van der Waals surface area contributed by atoms with Crippen LogP contribution >= 0.6 is 22.6 Å². The van der Waals surface area contributed by atoms with Gasteiger partial charge in [-0.05, 0) is 28.7 Å². The second kappa shape index (κ2) is 2.55. The van der Waals surface area contributed by atoms with Gasteiger partial charge in [0.1, 0.15) is 9.54 Å². The van der Waals surface area contributed by atoms with Gasteiger partial charge in [-0.3, -0.25) is 4.99 Å². The van der Waals surface area contributed by atoms with Gasteiger partial charge in [0, 0.05) is 11.1 Å². The molecule has 0 N–H and O–H groups in total. The van der Waals surface area contributed by atoms with E-state index in [1.54, 1.807) is 6.07 Å². The normalized spacial score (nSPS) is 14.5. The van der Waals surface area contributed by atoms with Crippen molar-refractivity contribution in [3.63, 3.8) is 0 Å². The predicted octanol–water partition coefficient (Wildman–Crippen LogP) is 2.52. The van der Waals surface area contributed by atoms with Gasteiger partial charge >= 0.3 is 0 Å². The van der Waals surface area contributed by atoms with Crippen LogP contribution in [-0.4, -0.2) is 3.72 Å². The van der Waals surface area contributed by atoms with Crippen molar-refractivity contribution in [1.29, 1.82) is 0 Å². The van der Waals surface area contributed by atoms with E-state index in [9.17, 15) is 4.39 Å². The fourth-order valence-corrected chi connectivity index (χ4v) is 1.82. The van der Waals surface area contributed by atoms with Crippen LogP contribution in [0, 0.1) is 5.82 Å². The highest BCUT2D eigenvalue weighted by Crippen LogP contribution is 2.24. The first-order valence-electron chi connectivity index (χ1n) is 3.27. The summed E-state index contributed by atoms with van der Waals surface area (Å²) >= 11 is 2.12. The van der Waals surface area contributed by atoms with Crippen LogP contribution < -0.4 is 0 Å². The second-order valence-electron chi connectivity index (χ2n) is 2.37. The summed E-state index contributed by atoms with van der Waals surface area (Å²) in [6, 6.07) is 5.09. The zero-order chi connectivity index (χ0) is 7.84. The fraction of sp³-hybridized carbons (Fsp3) is 0.125. The van der Waals surface area contributed by atoms with Gasteiger partial charge < -0.3 is 0 Å². The van der Waals surface area contributed by atoms with Gasteiger partial charge in [0.05, 0.1) is 6.54 Å². The van der Waals surface area contributed by atoms with Crippen LogP contribution in [0.15, 0.2) is 23.2 Å². The van der Waals surface area contributed by atoms with Crippen molar-refractivity contribution in [2.75, 3.05) is 0 Å². The van der Waals surface area contributed by atoms with Gasteiger partial charge in [-0.1, -0.05) is 12.1 Å². The number of hydrogen-bond acceptors (Lipinski definition) is 1. The van der Waals surface area contributed by atoms with Crippen LogP contribution in [-0.2, 0) is 6.54 Å². The first-order valence-corrected chi connectivity index (χ1v) is 4.34. The average molecular weight is 261 g/mol. The fourth-order valence-electron chi connectivity index (χ4n) is 1.15. The molecule has 0 radical (unpaired) electrons. The molecule has 0 amide bonds. The summed E-state index contributed by atoms with van der Waals surface area (Å²) < 4.78 is 13.9. The van der Waals surface area contributed by atoms with Crippen molar-refractivity contribution >= 4 is 26.3 Å². The molecule has 0 fully saturated rings. The predicted molar refractivity (Wildman–Crippen MR) is 50.7 cm³/mol. The maximum Gasteiger partial charge on any atom is 0.128 e. The van der Waals surface area contributed by atoms with E-state index in [-0.39, 0.29) is 5.82 Å². The molecule has 0 saturated heterocycles. The van der Waals surface area contributed by atoms with Crippen molar-refractivity contribution < 1.29 is 4.39 Å². The Balaban J connectivity index is 2.64. The zero-order valence-corrected chi connectivity index (χ0v) is 7.80. The largest absolute Gasteiger partial charge is 0.273 e. The van der Waals surface area contributed by atoms with E-state index in [0.29, 0.717) is 6.54 Å². The van der Waals surface area contributed by atoms with Gasteiger partial charge in [-0.25, -0.2) is 4.39 Å². The van der Waals surface area contributed by atoms with Crippen molar-refractivity contribution in [1.82, 2.24) is 0 Å². The monoisotopic (exact) mass is 261 g/mol. The van der Waals surface area contributed by atoms with Gasteiger partial charge in [-0.15, -0.1) is 0 Å². The summed E-state index contributed by atoms with van der Waals surface area (Å²) in [5, 5.41) is 0. The number of nitrogens with zero attached hydrogens (tertiary/aromatic N) is 1. The van der Waals surface area contributed by atoms with Gasteiger partial charge in [0.25, 0.3) is 0 Å². The third kappa shape index (κ3) is 1.07. The highest BCUT2D eigenvalue weighted by atomic mass is 127. The van der Waals surface area contributed by atoms with Crippen molar-refractivity contribution in [3.05, 3.63) is 35.1 Å². The van der Waals surface area contributed by atoms with Crippen LogP contribution in [0.1, 0.15) is 11.1 Å². The Morgan fingerprint density at radius 3 is 3.00 bits per heavy atom. The molecule has 0 unspecified atom stereocenters. The molecule has 11 heavy (non-hydrogen) atoms. The minimum atomic E-state index is -0.141. The molecular formula is C8H5FIN. The maximum absolute atomic E-state index is 13.0. The number of aliphatic imine (C=N–C) groups is 1. The highest BCUT2D eigenvalue weighted by Gasteiger charge is 2.15. The van der Waals surface area contributed by atoms with E-state index in [0.717, 1.165) is 14.8 Å². The van der Waals surface area contributed by atoms with Gasteiger partial charge in [0.15, 0.2) is 0 Å². The molecule has 1 heterocycles. The maximum atomic E-state index is 13.0. The SMILES string of the molecule is Fc1cccc2c1CN=C2I. The van der Waals surface area contributed by atoms with Gasteiger partial charge in [-0.2, -0.15) is 0 Å². The molecule has 3 heteroatoms. The summed E-state index contributed by atoms with van der Waals surface area (Å²) in [5.74, 6) is -0.141. The summed E-state index contributed by atoms with van der Waals surface area (Å²) in [7, 11) is 0. The molecule has 0 bridgehead atoms. The minimum absolute atomic E-state index is 0.141. The van der Waals surface area contributed by atoms with E-state index >= 15 is 0 Å². The van der Waals surface area contributed by atoms with E-state index in [1.165, 1.54) is 6.07 Å². The molecule has 1 aliphatic heterocycles. The van der Waals surface area contributed by atoms with Crippen LogP contribution in [0.2, 0.25) is 0 Å². The number of halogens is 2. The van der Waals surface area contributed by atoms with E-state index < -0.39 is 0 Å². The Kier molecular flexibility index (Phi) is 1.67. The standard InChI is InChI=1S/C8H5FIN/c9-7-3-1-2-5-6(7)4-11-8(5)10/h1-3H,4H2. The third-order valence-corrected chi connectivity index (χ3v) is 2.64. The molecule has 56 valence electrons. The Morgan fingerprint density at radius 1 is 1.45 bits per heavy atom. The topological polar surface area (TPSA) is 12.4 Å². The average Bonchev–Trinajstić information content (AvgIpc) is 2.35. The van der Waals surface area contributed by atoms with Crippen molar-refractivity contribution in [3.8, 4) is 0 Å². The molecule has 1 aliphatic rings. The lowest BCUT2D eigenvalue weighted by atomic mass is 10.1. The Labute approximate surface area is 77.5 Å². The first-order chi connectivity index (χ1) is 5.29. The number of hydrogen-bond donors (Lipinski definition) is 0. The van der Waals surface area contributed by atoms with Crippen LogP contribution in [0.4, 0.5) is 4.39 Å². The van der Waals surface area contributed by atoms with E-state index in [4.69, 9.17) is 0 Å². The van der Waals surface area contributed by atoms with Gasteiger partial charge in [0.2, 0.25) is 0 Å². The lowest BCUT2D eigenvalue weighted by Gasteiger charge is -1.97. The molecule has 0 spiro atoms. The Hall–Kier alpha value is -0.450. The van der Waals surface area contributed by atoms with Crippen LogP contribution in [0.3, 0.4) is 0 Å². The summed E-state index contributed by atoms with van der Waals surface area (Å²) in [4.78, 5) is 4.13. The molecular weight excluding hydrogens is 256 g/mol. The minimum Gasteiger partial charge on any atom is -0.273 e. The third-order valence-electron chi connectivity index (χ3n) is 1.72. The summed E-state index contributed by atoms with van der Waals surface area (Å²) in [6.07, 6.45) is 0. The van der Waals surface area contributed by atoms with E-state index in [1.807, 2.05) is 6.07 Å². The first kappa shape index (κ1) is 7.21. The van der Waals surface area contributed by atoms with Crippen molar-refractivity contribution in [2.24, 2.45) is 4.99 Å². The molecule has 1 aromatic rings. The summed E-state index contributed by atoms with van der Waals surface area (Å²) in [6.45, 7) is 0.500. The molecule has 1 nitrogen and oxygen atoms in total. The lowest BCUT2D eigenvalue weighted by Crippen LogP contribution is -1.91. The quantitative estimate of drug-likeness (QED) is 0.636. The van der Waals surface area contributed by atoms with E-state index in [2.05, 4.69) is 27.6 Å². The zero-order valence-electron chi connectivity index (χ0n) is 5.64. The highest BCUT2D eigenvalue weighted by molar-refractivity contribution is 14.1. The lowest BCUT2D eigenvalue weighted by molar-refractivity contribution is 0.612. The number of rotatable bonds is 0. The molecule has 0 atom stereocenters. The molecule has 0 saturated carbocycles. The molecule has 1 aromatic carbocycles. The number of fused-ring (bicyclic) bond motifs is 1. The molecule has 2 rings (SSSR count). The molecule has 0 aliphatic carbocycles. The van der Waals surface area contributed by atoms with Crippen LogP contribution in [0.25, 0.3) is 0 Å². The summed E-state index contributed by atoms with van der Waals surface area (Å²) in [5.41, 5.74) is 1.68.